The molecule has 0 spiro atoms. The van der Waals surface area contributed by atoms with Gasteiger partial charge in [-0.3, -0.25) is 14.5 Å². The number of nitrogens with zero attached hydrogens (tertiary/aromatic N) is 2. The Morgan fingerprint density at radius 1 is 1.07 bits per heavy atom. The van der Waals surface area contributed by atoms with Gasteiger partial charge in [0.15, 0.2) is 5.76 Å². The third kappa shape index (κ3) is 2.77. The Labute approximate surface area is 166 Å². The number of fused-ring (bicyclic) bond motifs is 2. The highest BCUT2D eigenvalue weighted by Crippen LogP contribution is 2.34. The minimum Gasteiger partial charge on any atom is -0.463 e. The molecular weight excluding hydrogens is 366 g/mol. The molecule has 2 amide bonds. The molecule has 2 aromatic heterocycles. The zero-order valence-electron chi connectivity index (χ0n) is 15.6. The molecule has 142 valence electrons. The number of furan rings is 1. The molecule has 1 N–H and O–H groups in total. The number of rotatable bonds is 2. The predicted molar refractivity (Wildman–Crippen MR) is 111 cm³/mol. The Hall–Kier alpha value is -3.93. The number of anilines is 2. The molecule has 1 aliphatic rings. The van der Waals surface area contributed by atoms with E-state index in [0.29, 0.717) is 33.9 Å². The number of hydrogen-bond donors (Lipinski definition) is 1. The summed E-state index contributed by atoms with van der Waals surface area (Å²) in [4.78, 5) is 32.4. The van der Waals surface area contributed by atoms with E-state index in [9.17, 15) is 9.59 Å². The van der Waals surface area contributed by atoms with Gasteiger partial charge in [-0.15, -0.1) is 0 Å². The summed E-state index contributed by atoms with van der Waals surface area (Å²) in [6.07, 6.45) is 1.57. The van der Waals surface area contributed by atoms with Crippen molar-refractivity contribution in [2.45, 2.75) is 13.0 Å². The second kappa shape index (κ2) is 6.60. The number of nitrogens with one attached hydrogen (secondary N) is 1. The van der Waals surface area contributed by atoms with E-state index < -0.39 is 6.04 Å². The van der Waals surface area contributed by atoms with Gasteiger partial charge in [0.1, 0.15) is 11.7 Å². The van der Waals surface area contributed by atoms with Crippen LogP contribution in [0.15, 0.2) is 77.4 Å². The van der Waals surface area contributed by atoms with Crippen LogP contribution in [0.3, 0.4) is 0 Å². The molecule has 6 heteroatoms. The monoisotopic (exact) mass is 383 g/mol. The molecule has 0 radical (unpaired) electrons. The summed E-state index contributed by atoms with van der Waals surface area (Å²) in [5.41, 5.74) is 3.02. The van der Waals surface area contributed by atoms with Crippen LogP contribution in [0, 0.1) is 0 Å². The van der Waals surface area contributed by atoms with Crippen molar-refractivity contribution < 1.29 is 14.0 Å². The van der Waals surface area contributed by atoms with Gasteiger partial charge in [-0.25, -0.2) is 4.98 Å². The highest BCUT2D eigenvalue weighted by Gasteiger charge is 2.35. The van der Waals surface area contributed by atoms with Gasteiger partial charge in [-0.1, -0.05) is 30.3 Å². The van der Waals surface area contributed by atoms with Gasteiger partial charge in [0.2, 0.25) is 5.91 Å². The van der Waals surface area contributed by atoms with Gasteiger partial charge >= 0.3 is 0 Å². The van der Waals surface area contributed by atoms with E-state index in [1.165, 1.54) is 0 Å². The Morgan fingerprint density at radius 3 is 2.69 bits per heavy atom. The molecule has 29 heavy (non-hydrogen) atoms. The van der Waals surface area contributed by atoms with Crippen LogP contribution in [0.1, 0.15) is 17.3 Å². The van der Waals surface area contributed by atoms with Gasteiger partial charge < -0.3 is 9.73 Å². The van der Waals surface area contributed by atoms with Crippen LogP contribution in [0.5, 0.6) is 0 Å². The zero-order chi connectivity index (χ0) is 20.0. The van der Waals surface area contributed by atoms with Crippen molar-refractivity contribution in [3.8, 4) is 11.5 Å². The molecule has 0 unspecified atom stereocenters. The largest absolute Gasteiger partial charge is 0.463 e. The summed E-state index contributed by atoms with van der Waals surface area (Å²) in [5, 5.41) is 3.58. The number of pyridine rings is 1. The molecule has 0 saturated carbocycles. The summed E-state index contributed by atoms with van der Waals surface area (Å²) in [7, 11) is 0. The average Bonchev–Trinajstić information content (AvgIpc) is 3.28. The number of benzene rings is 2. The Bertz CT molecular complexity index is 1250. The number of aromatic nitrogens is 1. The van der Waals surface area contributed by atoms with Gasteiger partial charge in [0.05, 0.1) is 28.7 Å². The van der Waals surface area contributed by atoms with Gasteiger partial charge in [0, 0.05) is 5.39 Å². The van der Waals surface area contributed by atoms with Crippen molar-refractivity contribution >= 4 is 34.1 Å². The van der Waals surface area contributed by atoms with E-state index in [0.717, 1.165) is 5.39 Å². The summed E-state index contributed by atoms with van der Waals surface area (Å²) in [6.45, 7) is 1.72. The fraction of sp³-hybridized carbons (Fsp3) is 0.0870. The number of carbonyl (C=O) groups is 2. The lowest BCUT2D eigenvalue weighted by Crippen LogP contribution is -2.49. The minimum atomic E-state index is -0.642. The van der Waals surface area contributed by atoms with Gasteiger partial charge in [-0.2, -0.15) is 0 Å². The van der Waals surface area contributed by atoms with Crippen LogP contribution in [0.4, 0.5) is 11.4 Å². The molecule has 0 aliphatic carbocycles. The van der Waals surface area contributed by atoms with E-state index >= 15 is 0 Å². The van der Waals surface area contributed by atoms with Crippen molar-refractivity contribution in [2.75, 3.05) is 10.2 Å². The lowest BCUT2D eigenvalue weighted by atomic mass is 10.0. The van der Waals surface area contributed by atoms with E-state index in [4.69, 9.17) is 4.42 Å². The minimum absolute atomic E-state index is 0.221. The van der Waals surface area contributed by atoms with E-state index in [-0.39, 0.29) is 11.8 Å². The molecular formula is C23H17N3O3. The summed E-state index contributed by atoms with van der Waals surface area (Å²) >= 11 is 0. The lowest BCUT2D eigenvalue weighted by molar-refractivity contribution is -0.117. The first-order valence-corrected chi connectivity index (χ1v) is 9.30. The molecule has 6 nitrogen and oxygen atoms in total. The van der Waals surface area contributed by atoms with Crippen molar-refractivity contribution in [3.63, 3.8) is 0 Å². The fourth-order valence-corrected chi connectivity index (χ4v) is 3.67. The van der Waals surface area contributed by atoms with E-state index in [1.54, 1.807) is 42.4 Å². The third-order valence-electron chi connectivity index (χ3n) is 5.13. The number of para-hydroxylation sites is 3. The maximum absolute atomic E-state index is 13.7. The molecule has 5 rings (SSSR count). The number of carbonyl (C=O) groups excluding carboxylic acids is 2. The smallest absolute Gasteiger partial charge is 0.259 e. The van der Waals surface area contributed by atoms with Crippen molar-refractivity contribution in [2.24, 2.45) is 0 Å². The normalized spacial score (nSPS) is 15.8. The highest BCUT2D eigenvalue weighted by molar-refractivity contribution is 6.20. The quantitative estimate of drug-likeness (QED) is 0.554. The summed E-state index contributed by atoms with van der Waals surface area (Å²) in [6, 6.07) is 19.4. The van der Waals surface area contributed by atoms with Gasteiger partial charge in [-0.05, 0) is 43.3 Å². The van der Waals surface area contributed by atoms with Crippen LogP contribution in [0.25, 0.3) is 22.4 Å². The average molecular weight is 383 g/mol. The lowest BCUT2D eigenvalue weighted by Gasteiger charge is -2.34. The number of amides is 2. The van der Waals surface area contributed by atoms with Crippen molar-refractivity contribution in [1.29, 1.82) is 0 Å². The van der Waals surface area contributed by atoms with Crippen LogP contribution in [0.2, 0.25) is 0 Å². The first-order chi connectivity index (χ1) is 14.1. The molecule has 0 saturated heterocycles. The highest BCUT2D eigenvalue weighted by atomic mass is 16.3. The molecule has 1 atom stereocenters. The van der Waals surface area contributed by atoms with Crippen LogP contribution in [-0.4, -0.2) is 22.8 Å². The van der Waals surface area contributed by atoms with E-state index in [2.05, 4.69) is 10.3 Å². The molecule has 0 fully saturated rings. The molecule has 4 aromatic rings. The van der Waals surface area contributed by atoms with Crippen LogP contribution >= 0.6 is 0 Å². The topological polar surface area (TPSA) is 75.4 Å². The fourth-order valence-electron chi connectivity index (χ4n) is 3.67. The summed E-state index contributed by atoms with van der Waals surface area (Å²) < 4.78 is 5.49. The Balaban J connectivity index is 1.71. The first kappa shape index (κ1) is 17.2. The summed E-state index contributed by atoms with van der Waals surface area (Å²) in [5.74, 6) is 0.0996. The predicted octanol–water partition coefficient (Wildman–Crippen LogP) is 4.48. The third-order valence-corrected chi connectivity index (χ3v) is 5.13. The van der Waals surface area contributed by atoms with Crippen LogP contribution < -0.4 is 10.2 Å². The maximum Gasteiger partial charge on any atom is 0.259 e. The second-order valence-corrected chi connectivity index (χ2v) is 6.91. The molecule has 2 aromatic carbocycles. The van der Waals surface area contributed by atoms with Crippen molar-refractivity contribution in [3.05, 3.63) is 78.6 Å². The van der Waals surface area contributed by atoms with Crippen LogP contribution in [-0.2, 0) is 4.79 Å². The maximum atomic E-state index is 13.7. The second-order valence-electron chi connectivity index (χ2n) is 6.91. The molecule has 1 aliphatic heterocycles. The van der Waals surface area contributed by atoms with Gasteiger partial charge in [0.25, 0.3) is 5.91 Å². The standard InChI is InChI=1S/C23H17N3O3/c1-14-22(27)25-18-9-4-5-10-20(18)26(14)23(28)16-13-19(21-11-6-12-29-21)24-17-8-3-2-7-15(16)17/h2-14H,1H3,(H,25,27)/t14-/m0/s1. The first-order valence-electron chi connectivity index (χ1n) is 9.30. The van der Waals surface area contributed by atoms with Crippen molar-refractivity contribution in [1.82, 2.24) is 4.98 Å². The molecule has 3 heterocycles. The Morgan fingerprint density at radius 2 is 1.86 bits per heavy atom. The van der Waals surface area contributed by atoms with E-state index in [1.807, 2.05) is 42.5 Å². The zero-order valence-corrected chi connectivity index (χ0v) is 15.6. The molecule has 0 bridgehead atoms. The number of hydrogen-bond acceptors (Lipinski definition) is 4. The SMILES string of the molecule is C[C@H]1C(=O)Nc2ccccc2N1C(=O)c1cc(-c2ccco2)nc2ccccc12. The Kier molecular flexibility index (Phi) is 3.91.